The standard InChI is InChI=1S/C9H10ClF2N/c10-6-2-1-3-7(11)9(6)8(12)4-5-13/h1-3,8H,4-5,13H2. The number of hydrogen-bond acceptors (Lipinski definition) is 1. The Kier molecular flexibility index (Phi) is 3.63. The summed E-state index contributed by atoms with van der Waals surface area (Å²) in [5.41, 5.74) is 5.07. The highest BCUT2D eigenvalue weighted by Crippen LogP contribution is 2.30. The van der Waals surface area contributed by atoms with E-state index in [1.165, 1.54) is 18.2 Å². The number of hydrogen-bond donors (Lipinski definition) is 1. The van der Waals surface area contributed by atoms with Gasteiger partial charge in [0.15, 0.2) is 0 Å². The molecule has 0 aliphatic carbocycles. The third-order valence-corrected chi connectivity index (χ3v) is 2.06. The van der Waals surface area contributed by atoms with Gasteiger partial charge in [-0.3, -0.25) is 0 Å². The van der Waals surface area contributed by atoms with Crippen LogP contribution in [0.2, 0.25) is 5.02 Å². The van der Waals surface area contributed by atoms with E-state index >= 15 is 0 Å². The molecule has 0 heterocycles. The van der Waals surface area contributed by atoms with E-state index < -0.39 is 12.0 Å². The highest BCUT2D eigenvalue weighted by atomic mass is 35.5. The molecule has 72 valence electrons. The second kappa shape index (κ2) is 4.53. The highest BCUT2D eigenvalue weighted by Gasteiger charge is 2.16. The van der Waals surface area contributed by atoms with Gasteiger partial charge in [0, 0.05) is 10.6 Å². The summed E-state index contributed by atoms with van der Waals surface area (Å²) in [5, 5.41) is 0.112. The van der Waals surface area contributed by atoms with E-state index in [9.17, 15) is 8.78 Å². The lowest BCUT2D eigenvalue weighted by molar-refractivity contribution is 0.317. The van der Waals surface area contributed by atoms with Gasteiger partial charge < -0.3 is 5.73 Å². The van der Waals surface area contributed by atoms with Gasteiger partial charge in [-0.05, 0) is 25.1 Å². The van der Waals surface area contributed by atoms with E-state index in [2.05, 4.69) is 0 Å². The number of halogens is 3. The second-order valence-electron chi connectivity index (χ2n) is 2.68. The minimum Gasteiger partial charge on any atom is -0.330 e. The summed E-state index contributed by atoms with van der Waals surface area (Å²) in [4.78, 5) is 0. The fourth-order valence-corrected chi connectivity index (χ4v) is 1.38. The van der Waals surface area contributed by atoms with Crippen molar-refractivity contribution in [3.8, 4) is 0 Å². The van der Waals surface area contributed by atoms with E-state index in [1.54, 1.807) is 0 Å². The maximum atomic E-state index is 13.3. The molecule has 0 saturated heterocycles. The predicted octanol–water partition coefficient (Wildman–Crippen LogP) is 2.84. The Morgan fingerprint density at radius 3 is 2.69 bits per heavy atom. The maximum Gasteiger partial charge on any atom is 0.131 e. The molecule has 13 heavy (non-hydrogen) atoms. The second-order valence-corrected chi connectivity index (χ2v) is 3.09. The Morgan fingerprint density at radius 1 is 1.46 bits per heavy atom. The van der Waals surface area contributed by atoms with Gasteiger partial charge >= 0.3 is 0 Å². The third kappa shape index (κ3) is 2.39. The Morgan fingerprint density at radius 2 is 2.15 bits per heavy atom. The van der Waals surface area contributed by atoms with Crippen LogP contribution in [0.3, 0.4) is 0 Å². The van der Waals surface area contributed by atoms with Crippen molar-refractivity contribution in [2.45, 2.75) is 12.6 Å². The quantitative estimate of drug-likeness (QED) is 0.807. The number of benzene rings is 1. The van der Waals surface area contributed by atoms with Crippen LogP contribution in [0.1, 0.15) is 18.2 Å². The van der Waals surface area contributed by atoms with Crippen LogP contribution in [0.25, 0.3) is 0 Å². The molecule has 1 unspecified atom stereocenters. The lowest BCUT2D eigenvalue weighted by Crippen LogP contribution is -2.05. The van der Waals surface area contributed by atoms with Crippen LogP contribution in [0.4, 0.5) is 8.78 Å². The van der Waals surface area contributed by atoms with E-state index in [1.807, 2.05) is 0 Å². The van der Waals surface area contributed by atoms with E-state index in [4.69, 9.17) is 17.3 Å². The summed E-state index contributed by atoms with van der Waals surface area (Å²) in [6, 6.07) is 4.09. The molecule has 2 N–H and O–H groups in total. The van der Waals surface area contributed by atoms with Crippen molar-refractivity contribution < 1.29 is 8.78 Å². The van der Waals surface area contributed by atoms with Crippen molar-refractivity contribution in [1.29, 1.82) is 0 Å². The van der Waals surface area contributed by atoms with Gasteiger partial charge in [-0.1, -0.05) is 17.7 Å². The minimum absolute atomic E-state index is 0.0840. The monoisotopic (exact) mass is 205 g/mol. The molecule has 0 spiro atoms. The van der Waals surface area contributed by atoms with Gasteiger partial charge in [-0.25, -0.2) is 8.78 Å². The first-order valence-electron chi connectivity index (χ1n) is 3.95. The molecule has 0 radical (unpaired) electrons. The fourth-order valence-electron chi connectivity index (χ4n) is 1.10. The molecule has 1 aromatic carbocycles. The normalized spacial score (nSPS) is 12.9. The summed E-state index contributed by atoms with van der Waals surface area (Å²) >= 11 is 5.64. The molecule has 1 nitrogen and oxygen atoms in total. The number of rotatable bonds is 3. The summed E-state index contributed by atoms with van der Waals surface area (Å²) in [7, 11) is 0. The van der Waals surface area contributed by atoms with E-state index in [0.717, 1.165) is 0 Å². The first-order valence-corrected chi connectivity index (χ1v) is 4.32. The molecule has 0 saturated carbocycles. The van der Waals surface area contributed by atoms with Gasteiger partial charge in [0.25, 0.3) is 0 Å². The molecule has 1 rings (SSSR count). The topological polar surface area (TPSA) is 26.0 Å². The Bertz CT molecular complexity index is 271. The Hall–Kier alpha value is -0.670. The molecule has 0 aliphatic rings. The van der Waals surface area contributed by atoms with E-state index in [-0.39, 0.29) is 23.6 Å². The van der Waals surface area contributed by atoms with Crippen LogP contribution < -0.4 is 5.73 Å². The SMILES string of the molecule is NCCC(F)c1c(F)cccc1Cl. The van der Waals surface area contributed by atoms with Gasteiger partial charge in [0.2, 0.25) is 0 Å². The first kappa shape index (κ1) is 10.4. The van der Waals surface area contributed by atoms with Crippen molar-refractivity contribution in [3.05, 3.63) is 34.6 Å². The Labute approximate surface area is 80.5 Å². The molecule has 0 fully saturated rings. The lowest BCUT2D eigenvalue weighted by Gasteiger charge is -2.09. The smallest absolute Gasteiger partial charge is 0.131 e. The first-order chi connectivity index (χ1) is 6.16. The summed E-state index contributed by atoms with van der Waals surface area (Å²) in [6.45, 7) is 0.172. The van der Waals surface area contributed by atoms with Gasteiger partial charge in [0.05, 0.1) is 0 Å². The molecule has 0 bridgehead atoms. The largest absolute Gasteiger partial charge is 0.330 e. The summed E-state index contributed by atoms with van der Waals surface area (Å²) in [6.07, 6.45) is -1.33. The van der Waals surface area contributed by atoms with Crippen LogP contribution in [-0.2, 0) is 0 Å². The fraction of sp³-hybridized carbons (Fsp3) is 0.333. The molecular weight excluding hydrogens is 196 g/mol. The minimum atomic E-state index is -1.42. The summed E-state index contributed by atoms with van der Waals surface area (Å²) in [5.74, 6) is -0.617. The maximum absolute atomic E-state index is 13.3. The summed E-state index contributed by atoms with van der Waals surface area (Å²) < 4.78 is 26.3. The van der Waals surface area contributed by atoms with Crippen molar-refractivity contribution in [2.75, 3.05) is 6.54 Å². The molecule has 0 aromatic heterocycles. The van der Waals surface area contributed by atoms with Gasteiger partial charge in [-0.2, -0.15) is 0 Å². The molecule has 4 heteroatoms. The van der Waals surface area contributed by atoms with Crippen molar-refractivity contribution in [2.24, 2.45) is 5.73 Å². The average Bonchev–Trinajstić information content (AvgIpc) is 2.04. The molecular formula is C9H10ClF2N. The van der Waals surface area contributed by atoms with Gasteiger partial charge in [0.1, 0.15) is 12.0 Å². The molecule has 0 aliphatic heterocycles. The van der Waals surface area contributed by atoms with Crippen LogP contribution >= 0.6 is 11.6 Å². The van der Waals surface area contributed by atoms with Crippen molar-refractivity contribution in [1.82, 2.24) is 0 Å². The van der Waals surface area contributed by atoms with Crippen molar-refractivity contribution in [3.63, 3.8) is 0 Å². The van der Waals surface area contributed by atoms with Crippen LogP contribution in [0.15, 0.2) is 18.2 Å². The molecule has 1 atom stereocenters. The van der Waals surface area contributed by atoms with Crippen LogP contribution in [0, 0.1) is 5.82 Å². The average molecular weight is 206 g/mol. The highest BCUT2D eigenvalue weighted by molar-refractivity contribution is 6.31. The number of nitrogens with two attached hydrogens (primary N) is 1. The zero-order valence-electron chi connectivity index (χ0n) is 6.93. The molecule has 1 aromatic rings. The van der Waals surface area contributed by atoms with Gasteiger partial charge in [-0.15, -0.1) is 0 Å². The predicted molar refractivity (Wildman–Crippen MR) is 48.9 cm³/mol. The third-order valence-electron chi connectivity index (χ3n) is 1.73. The van der Waals surface area contributed by atoms with Crippen molar-refractivity contribution >= 4 is 11.6 Å². The van der Waals surface area contributed by atoms with E-state index in [0.29, 0.717) is 0 Å². The number of alkyl halides is 1. The van der Waals surface area contributed by atoms with Crippen LogP contribution in [-0.4, -0.2) is 6.54 Å². The lowest BCUT2D eigenvalue weighted by atomic mass is 10.1. The zero-order chi connectivity index (χ0) is 9.84. The van der Waals surface area contributed by atoms with Crippen LogP contribution in [0.5, 0.6) is 0 Å². The Balaban J connectivity index is 2.98. The molecule has 0 amide bonds. The zero-order valence-corrected chi connectivity index (χ0v) is 7.69.